The van der Waals surface area contributed by atoms with Crippen molar-refractivity contribution < 1.29 is 9.72 Å². The maximum Gasteiger partial charge on any atom is 0.306 e. The number of carbonyl (C=O) groups excluding carboxylic acids is 1. The van der Waals surface area contributed by atoms with Crippen LogP contribution in [0.2, 0.25) is 0 Å². The van der Waals surface area contributed by atoms with Crippen LogP contribution in [0.15, 0.2) is 18.2 Å². The third kappa shape index (κ3) is 4.10. The minimum absolute atomic E-state index is 0.00209. The molecular weight excluding hydrogens is 280 g/mol. The smallest absolute Gasteiger partial charge is 0.306 e. The third-order valence-electron chi connectivity index (χ3n) is 2.86. The van der Waals surface area contributed by atoms with Gasteiger partial charge in [-0.05, 0) is 24.8 Å². The monoisotopic (exact) mass is 298 g/mol. The zero-order valence-corrected chi connectivity index (χ0v) is 12.2. The summed E-state index contributed by atoms with van der Waals surface area (Å²) in [4.78, 5) is 22.5. The molecular formula is C12H18N4O3S. The van der Waals surface area contributed by atoms with Crippen LogP contribution in [0.3, 0.4) is 0 Å². The number of thioether (sulfide) groups is 1. The van der Waals surface area contributed by atoms with Crippen LogP contribution in [0.5, 0.6) is 0 Å². The average Bonchev–Trinajstić information content (AvgIpc) is 2.45. The minimum Gasteiger partial charge on any atom is -0.352 e. The summed E-state index contributed by atoms with van der Waals surface area (Å²) in [5.41, 5.74) is 2.03. The van der Waals surface area contributed by atoms with Gasteiger partial charge in [0, 0.05) is 11.8 Å². The quantitative estimate of drug-likeness (QED) is 0.402. The van der Waals surface area contributed by atoms with Gasteiger partial charge in [0.15, 0.2) is 0 Å². The Hall–Kier alpha value is -1.80. The van der Waals surface area contributed by atoms with Crippen molar-refractivity contribution in [3.05, 3.63) is 33.9 Å². The van der Waals surface area contributed by atoms with Crippen LogP contribution in [-0.4, -0.2) is 28.9 Å². The second-order valence-corrected chi connectivity index (χ2v) is 5.47. The number of hydrogen-bond donors (Lipinski definition) is 3. The van der Waals surface area contributed by atoms with E-state index in [0.29, 0.717) is 11.8 Å². The molecule has 1 atom stereocenters. The van der Waals surface area contributed by atoms with Gasteiger partial charge in [-0.1, -0.05) is 13.0 Å². The Kier molecular flexibility index (Phi) is 6.26. The summed E-state index contributed by atoms with van der Waals surface area (Å²) in [5.74, 6) is 4.76. The number of nitrogen functional groups attached to an aromatic ring is 1. The van der Waals surface area contributed by atoms with Crippen molar-refractivity contribution in [3.8, 4) is 0 Å². The molecule has 0 spiro atoms. The molecule has 0 aliphatic carbocycles. The summed E-state index contributed by atoms with van der Waals surface area (Å²) >= 11 is 1.70. The van der Waals surface area contributed by atoms with Crippen molar-refractivity contribution in [1.82, 2.24) is 5.32 Å². The van der Waals surface area contributed by atoms with Gasteiger partial charge < -0.3 is 10.7 Å². The summed E-state index contributed by atoms with van der Waals surface area (Å²) in [6, 6.07) is 4.40. The highest BCUT2D eigenvalue weighted by atomic mass is 32.2. The van der Waals surface area contributed by atoms with E-state index in [4.69, 9.17) is 5.84 Å². The summed E-state index contributed by atoms with van der Waals surface area (Å²) in [6.07, 6.45) is 2.79. The van der Waals surface area contributed by atoms with Crippen LogP contribution in [0.25, 0.3) is 0 Å². The van der Waals surface area contributed by atoms with Gasteiger partial charge in [0.25, 0.3) is 5.91 Å². The van der Waals surface area contributed by atoms with Crippen molar-refractivity contribution in [2.24, 2.45) is 5.84 Å². The van der Waals surface area contributed by atoms with E-state index in [1.807, 2.05) is 6.26 Å². The molecule has 4 N–H and O–H groups in total. The Morgan fingerprint density at radius 2 is 2.25 bits per heavy atom. The fraction of sp³-hybridized carbons (Fsp3) is 0.417. The van der Waals surface area contributed by atoms with Crippen molar-refractivity contribution >= 4 is 29.0 Å². The number of nitrogens with zero attached hydrogens (tertiary/aromatic N) is 1. The molecule has 1 unspecified atom stereocenters. The van der Waals surface area contributed by atoms with Crippen LogP contribution in [0.1, 0.15) is 23.7 Å². The van der Waals surface area contributed by atoms with Crippen molar-refractivity contribution in [1.29, 1.82) is 0 Å². The van der Waals surface area contributed by atoms with E-state index in [1.165, 1.54) is 12.1 Å². The van der Waals surface area contributed by atoms with Crippen molar-refractivity contribution in [3.63, 3.8) is 0 Å². The average molecular weight is 298 g/mol. The first-order valence-electron chi connectivity index (χ1n) is 6.06. The minimum atomic E-state index is -0.616. The van der Waals surface area contributed by atoms with E-state index >= 15 is 0 Å². The third-order valence-corrected chi connectivity index (χ3v) is 3.90. The number of nitrogens with two attached hydrogens (primary N) is 1. The normalized spacial score (nSPS) is 11.8. The first kappa shape index (κ1) is 16.3. The molecule has 0 aliphatic heterocycles. The van der Waals surface area contributed by atoms with E-state index in [9.17, 15) is 14.9 Å². The lowest BCUT2D eigenvalue weighted by Gasteiger charge is -2.10. The molecule has 0 heterocycles. The number of para-hydroxylation sites is 1. The van der Waals surface area contributed by atoms with Gasteiger partial charge in [-0.2, -0.15) is 11.8 Å². The van der Waals surface area contributed by atoms with Gasteiger partial charge >= 0.3 is 5.69 Å². The first-order valence-corrected chi connectivity index (χ1v) is 7.35. The molecule has 0 aliphatic rings. The molecule has 0 fully saturated rings. The highest BCUT2D eigenvalue weighted by Gasteiger charge is 2.23. The molecule has 8 heteroatoms. The Morgan fingerprint density at radius 1 is 1.55 bits per heavy atom. The molecule has 20 heavy (non-hydrogen) atoms. The Balaban J connectivity index is 2.85. The van der Waals surface area contributed by atoms with Crippen LogP contribution < -0.4 is 16.6 Å². The lowest BCUT2D eigenvalue weighted by atomic mass is 10.1. The lowest BCUT2D eigenvalue weighted by molar-refractivity contribution is -0.384. The first-order chi connectivity index (χ1) is 9.51. The molecule has 1 amide bonds. The summed E-state index contributed by atoms with van der Waals surface area (Å²) in [7, 11) is 0. The number of hydrogen-bond acceptors (Lipinski definition) is 6. The van der Waals surface area contributed by atoms with Gasteiger partial charge in [0.2, 0.25) is 0 Å². The van der Waals surface area contributed by atoms with Gasteiger partial charge in [-0.3, -0.25) is 20.8 Å². The zero-order chi connectivity index (χ0) is 15.1. The maximum atomic E-state index is 12.0. The number of nitro benzene ring substituents is 1. The SMILES string of the molecule is CSC(C)CCNC(=O)c1cccc(NN)c1[N+](=O)[O-]. The molecule has 1 rings (SSSR count). The van der Waals surface area contributed by atoms with Crippen molar-refractivity contribution in [2.45, 2.75) is 18.6 Å². The van der Waals surface area contributed by atoms with Gasteiger partial charge in [-0.15, -0.1) is 0 Å². The number of amides is 1. The predicted octanol–water partition coefficient (Wildman–Crippen LogP) is 1.75. The molecule has 0 radical (unpaired) electrons. The number of nitro groups is 1. The number of anilines is 1. The van der Waals surface area contributed by atoms with Crippen molar-refractivity contribution in [2.75, 3.05) is 18.2 Å². The molecule has 0 saturated heterocycles. The molecule has 0 aromatic heterocycles. The Morgan fingerprint density at radius 3 is 2.80 bits per heavy atom. The molecule has 1 aromatic rings. The molecule has 0 saturated carbocycles. The molecule has 0 bridgehead atoms. The van der Waals surface area contributed by atoms with E-state index < -0.39 is 10.8 Å². The highest BCUT2D eigenvalue weighted by Crippen LogP contribution is 2.27. The largest absolute Gasteiger partial charge is 0.352 e. The second kappa shape index (κ2) is 7.71. The zero-order valence-electron chi connectivity index (χ0n) is 11.4. The van der Waals surface area contributed by atoms with Gasteiger partial charge in [0.05, 0.1) is 4.92 Å². The van der Waals surface area contributed by atoms with E-state index in [2.05, 4.69) is 17.7 Å². The predicted molar refractivity (Wildman–Crippen MR) is 80.8 cm³/mol. The standard InChI is InChI=1S/C12H18N4O3S/c1-8(20-2)6-7-14-12(17)9-4-3-5-10(15-13)11(9)16(18)19/h3-5,8,15H,6-7,13H2,1-2H3,(H,14,17). The molecule has 7 nitrogen and oxygen atoms in total. The Bertz CT molecular complexity index is 496. The highest BCUT2D eigenvalue weighted by molar-refractivity contribution is 7.99. The number of nitrogens with one attached hydrogen (secondary N) is 2. The van der Waals surface area contributed by atoms with Gasteiger partial charge in [-0.25, -0.2) is 0 Å². The van der Waals surface area contributed by atoms with E-state index in [1.54, 1.807) is 17.8 Å². The fourth-order valence-corrected chi connectivity index (χ4v) is 2.00. The van der Waals surface area contributed by atoms with Crippen LogP contribution in [0.4, 0.5) is 11.4 Å². The summed E-state index contributed by atoms with van der Waals surface area (Å²) < 4.78 is 0. The van der Waals surface area contributed by atoms with E-state index in [0.717, 1.165) is 6.42 Å². The number of carbonyl (C=O) groups is 1. The number of benzene rings is 1. The molecule has 110 valence electrons. The topological polar surface area (TPSA) is 110 Å². The van der Waals surface area contributed by atoms with E-state index in [-0.39, 0.29) is 16.9 Å². The summed E-state index contributed by atoms with van der Waals surface area (Å²) in [6.45, 7) is 2.52. The Labute approximate surface area is 121 Å². The number of hydrazine groups is 1. The maximum absolute atomic E-state index is 12.0. The van der Waals surface area contributed by atoms with Gasteiger partial charge in [0.1, 0.15) is 11.3 Å². The van der Waals surface area contributed by atoms with Crippen LogP contribution >= 0.6 is 11.8 Å². The van der Waals surface area contributed by atoms with Crippen LogP contribution in [0, 0.1) is 10.1 Å². The summed E-state index contributed by atoms with van der Waals surface area (Å²) in [5, 5.41) is 14.2. The second-order valence-electron chi connectivity index (χ2n) is 4.19. The van der Waals surface area contributed by atoms with Crippen LogP contribution in [-0.2, 0) is 0 Å². The number of rotatable bonds is 7. The molecule has 1 aromatic carbocycles. The lowest BCUT2D eigenvalue weighted by Crippen LogP contribution is -2.27. The fourth-order valence-electron chi connectivity index (χ4n) is 1.64.